The molecule has 0 bridgehead atoms. The van der Waals surface area contributed by atoms with Gasteiger partial charge in [-0.15, -0.1) is 0 Å². The molecule has 0 aromatic rings. The van der Waals surface area contributed by atoms with E-state index in [0.717, 1.165) is 6.08 Å². The quantitative estimate of drug-likeness (QED) is 0.574. The summed E-state index contributed by atoms with van der Waals surface area (Å²) in [5.41, 5.74) is 0. The van der Waals surface area contributed by atoms with Crippen LogP contribution >= 0.6 is 0 Å². The Morgan fingerprint density at radius 2 is 2.18 bits per heavy atom. The molecule has 5 heteroatoms. The molecule has 0 aromatic carbocycles. The number of allylic oxidation sites excluding steroid dienone is 3. The van der Waals surface area contributed by atoms with Crippen LogP contribution in [-0.2, 0) is 11.1 Å². The van der Waals surface area contributed by atoms with E-state index in [4.69, 9.17) is 0 Å². The molecule has 1 aliphatic carbocycles. The molecule has 0 fully saturated rings. The standard InChI is InChI=1S/C6H6F2O2S/c7-4-2-1-3-5(8)6(4)11(9)10/h2H,1,3H2,(H,9,10)/p-1. The van der Waals surface area contributed by atoms with Crippen LogP contribution in [0.3, 0.4) is 0 Å². The van der Waals surface area contributed by atoms with Gasteiger partial charge in [-0.1, -0.05) is 0 Å². The summed E-state index contributed by atoms with van der Waals surface area (Å²) in [4.78, 5) is -0.823. The van der Waals surface area contributed by atoms with Gasteiger partial charge >= 0.3 is 0 Å². The maximum Gasteiger partial charge on any atom is 0.136 e. The topological polar surface area (TPSA) is 40.1 Å². The van der Waals surface area contributed by atoms with Crippen LogP contribution in [0.2, 0.25) is 0 Å². The molecule has 0 N–H and O–H groups in total. The third kappa shape index (κ3) is 1.72. The normalized spacial score (nSPS) is 21.5. The maximum atomic E-state index is 12.6. The van der Waals surface area contributed by atoms with Crippen LogP contribution in [0, 0.1) is 0 Å². The molecule has 11 heavy (non-hydrogen) atoms. The van der Waals surface area contributed by atoms with Crippen LogP contribution in [0.1, 0.15) is 12.8 Å². The molecule has 0 spiro atoms. The Morgan fingerprint density at radius 3 is 2.55 bits per heavy atom. The summed E-state index contributed by atoms with van der Waals surface area (Å²) in [6.07, 6.45) is 1.25. The molecular weight excluding hydrogens is 174 g/mol. The van der Waals surface area contributed by atoms with Gasteiger partial charge in [0.25, 0.3) is 0 Å². The fourth-order valence-corrected chi connectivity index (χ4v) is 1.36. The minimum Gasteiger partial charge on any atom is -0.768 e. The molecule has 0 heterocycles. The van der Waals surface area contributed by atoms with Crippen molar-refractivity contribution in [3.63, 3.8) is 0 Å². The van der Waals surface area contributed by atoms with Crippen molar-refractivity contribution in [1.29, 1.82) is 0 Å². The van der Waals surface area contributed by atoms with E-state index in [1.165, 1.54) is 0 Å². The van der Waals surface area contributed by atoms with Gasteiger partial charge in [0.05, 0.1) is 4.91 Å². The SMILES string of the molecule is O=S([O-])C1=C(F)CCC=C1F. The van der Waals surface area contributed by atoms with Crippen LogP contribution in [0.25, 0.3) is 0 Å². The van der Waals surface area contributed by atoms with Crippen molar-refractivity contribution in [2.24, 2.45) is 0 Å². The maximum absolute atomic E-state index is 12.6. The monoisotopic (exact) mass is 179 g/mol. The average Bonchev–Trinajstić information content (AvgIpc) is 1.85. The molecule has 0 radical (unpaired) electrons. The summed E-state index contributed by atoms with van der Waals surface area (Å²) in [5.74, 6) is -1.87. The van der Waals surface area contributed by atoms with Gasteiger partial charge in [-0.2, -0.15) is 0 Å². The molecule has 0 aliphatic heterocycles. The van der Waals surface area contributed by atoms with Crippen molar-refractivity contribution in [3.8, 4) is 0 Å². The Kier molecular flexibility index (Phi) is 2.51. The van der Waals surface area contributed by atoms with Crippen molar-refractivity contribution in [3.05, 3.63) is 22.6 Å². The lowest BCUT2D eigenvalue weighted by atomic mass is 10.2. The highest BCUT2D eigenvalue weighted by Crippen LogP contribution is 2.28. The van der Waals surface area contributed by atoms with Crippen LogP contribution in [-0.4, -0.2) is 8.76 Å². The van der Waals surface area contributed by atoms with Crippen molar-refractivity contribution in [2.45, 2.75) is 12.8 Å². The molecule has 1 unspecified atom stereocenters. The van der Waals surface area contributed by atoms with Gasteiger partial charge in [0, 0.05) is 6.42 Å². The molecule has 1 aliphatic rings. The lowest BCUT2D eigenvalue weighted by Crippen LogP contribution is -2.01. The second kappa shape index (κ2) is 3.23. The summed E-state index contributed by atoms with van der Waals surface area (Å²) < 4.78 is 45.5. The second-order valence-electron chi connectivity index (χ2n) is 2.06. The number of halogens is 2. The van der Waals surface area contributed by atoms with Gasteiger partial charge in [-0.3, -0.25) is 4.21 Å². The van der Waals surface area contributed by atoms with Crippen LogP contribution in [0.4, 0.5) is 8.78 Å². The van der Waals surface area contributed by atoms with E-state index < -0.39 is 27.6 Å². The molecular formula is C6H5F2O2S-. The summed E-state index contributed by atoms with van der Waals surface area (Å²) in [5, 5.41) is 0. The lowest BCUT2D eigenvalue weighted by Gasteiger charge is -2.13. The third-order valence-corrected chi connectivity index (χ3v) is 2.07. The first-order valence-electron chi connectivity index (χ1n) is 2.97. The van der Waals surface area contributed by atoms with E-state index in [9.17, 15) is 17.5 Å². The summed E-state index contributed by atoms with van der Waals surface area (Å²) >= 11 is -2.80. The zero-order chi connectivity index (χ0) is 8.43. The molecule has 0 amide bonds. The molecule has 2 nitrogen and oxygen atoms in total. The first-order valence-corrected chi connectivity index (χ1v) is 4.04. The molecule has 1 atom stereocenters. The van der Waals surface area contributed by atoms with Crippen LogP contribution < -0.4 is 0 Å². The third-order valence-electron chi connectivity index (χ3n) is 1.32. The second-order valence-corrected chi connectivity index (χ2v) is 2.94. The zero-order valence-electron chi connectivity index (χ0n) is 5.47. The Balaban J connectivity index is 3.04. The molecule has 0 saturated heterocycles. The van der Waals surface area contributed by atoms with E-state index in [1.807, 2.05) is 0 Å². The van der Waals surface area contributed by atoms with Gasteiger partial charge in [-0.05, 0) is 23.6 Å². The molecule has 0 saturated carbocycles. The molecule has 62 valence electrons. The Morgan fingerprint density at radius 1 is 1.55 bits per heavy atom. The Bertz CT molecular complexity index is 257. The van der Waals surface area contributed by atoms with Crippen LogP contribution in [0.15, 0.2) is 22.6 Å². The summed E-state index contributed by atoms with van der Waals surface area (Å²) in [6.45, 7) is 0. The first kappa shape index (κ1) is 8.55. The fourth-order valence-electron chi connectivity index (χ4n) is 0.831. The van der Waals surface area contributed by atoms with E-state index in [1.54, 1.807) is 0 Å². The number of hydrogen-bond acceptors (Lipinski definition) is 2. The highest BCUT2D eigenvalue weighted by molar-refractivity contribution is 7.83. The van der Waals surface area contributed by atoms with Gasteiger partial charge in [-0.25, -0.2) is 8.78 Å². The van der Waals surface area contributed by atoms with Crippen molar-refractivity contribution in [2.75, 3.05) is 0 Å². The Labute approximate surface area is 64.9 Å². The van der Waals surface area contributed by atoms with Crippen molar-refractivity contribution >= 4 is 11.1 Å². The average molecular weight is 179 g/mol. The van der Waals surface area contributed by atoms with Crippen molar-refractivity contribution < 1.29 is 17.5 Å². The molecule has 0 aromatic heterocycles. The van der Waals surface area contributed by atoms with Gasteiger partial charge in [0.15, 0.2) is 0 Å². The van der Waals surface area contributed by atoms with Gasteiger partial charge in [0.2, 0.25) is 0 Å². The summed E-state index contributed by atoms with van der Waals surface area (Å²) in [6, 6.07) is 0. The highest BCUT2D eigenvalue weighted by atomic mass is 32.2. The molecule has 1 rings (SSSR count). The van der Waals surface area contributed by atoms with E-state index >= 15 is 0 Å². The minimum atomic E-state index is -2.80. The lowest BCUT2D eigenvalue weighted by molar-refractivity contribution is 0.520. The summed E-state index contributed by atoms with van der Waals surface area (Å²) in [7, 11) is 0. The largest absolute Gasteiger partial charge is 0.768 e. The highest BCUT2D eigenvalue weighted by Gasteiger charge is 2.16. The van der Waals surface area contributed by atoms with Crippen LogP contribution in [0.5, 0.6) is 0 Å². The Hall–Kier alpha value is -0.550. The van der Waals surface area contributed by atoms with Gasteiger partial charge in [0.1, 0.15) is 11.7 Å². The van der Waals surface area contributed by atoms with E-state index in [-0.39, 0.29) is 12.8 Å². The zero-order valence-corrected chi connectivity index (χ0v) is 6.29. The van der Waals surface area contributed by atoms with E-state index in [2.05, 4.69) is 0 Å². The smallest absolute Gasteiger partial charge is 0.136 e. The predicted molar refractivity (Wildman–Crippen MR) is 35.5 cm³/mol. The minimum absolute atomic E-state index is 0.0310. The van der Waals surface area contributed by atoms with Gasteiger partial charge < -0.3 is 4.55 Å². The van der Waals surface area contributed by atoms with Crippen molar-refractivity contribution in [1.82, 2.24) is 0 Å². The fraction of sp³-hybridized carbons (Fsp3) is 0.333. The predicted octanol–water partition coefficient (Wildman–Crippen LogP) is 1.69. The first-order chi connectivity index (χ1) is 5.13. The van der Waals surface area contributed by atoms with E-state index in [0.29, 0.717) is 0 Å². The number of rotatable bonds is 1. The number of hydrogen-bond donors (Lipinski definition) is 0.